The second-order valence-electron chi connectivity index (χ2n) is 5.62. The van der Waals surface area contributed by atoms with E-state index in [0.717, 1.165) is 19.3 Å². The zero-order valence-corrected chi connectivity index (χ0v) is 11.2. The van der Waals surface area contributed by atoms with Gasteiger partial charge >= 0.3 is 0 Å². The summed E-state index contributed by atoms with van der Waals surface area (Å²) in [7, 11) is 0. The lowest BCUT2D eigenvalue weighted by atomic mass is 9.52. The van der Waals surface area contributed by atoms with E-state index in [-0.39, 0.29) is 5.41 Å². The normalized spacial score (nSPS) is 29.8. The zero-order chi connectivity index (χ0) is 13.3. The second-order valence-corrected chi connectivity index (χ2v) is 5.62. The minimum Gasteiger partial charge on any atom is -0.390 e. The molecule has 2 aromatic rings. The minimum absolute atomic E-state index is 0.0467. The third-order valence-electron chi connectivity index (χ3n) is 4.48. The summed E-state index contributed by atoms with van der Waals surface area (Å²) in [5, 5.41) is 10.5. The van der Waals surface area contributed by atoms with Crippen LogP contribution < -0.4 is 0 Å². The highest BCUT2D eigenvalue weighted by molar-refractivity contribution is 5.43. The monoisotopic (exact) mass is 253 g/mol. The van der Waals surface area contributed by atoms with E-state index in [1.807, 2.05) is 18.5 Å². The van der Waals surface area contributed by atoms with E-state index in [0.29, 0.717) is 0 Å². The van der Waals surface area contributed by atoms with Crippen LogP contribution in [0.3, 0.4) is 0 Å². The molecule has 1 fully saturated rings. The van der Waals surface area contributed by atoms with Crippen molar-refractivity contribution in [2.24, 2.45) is 0 Å². The molecule has 3 rings (SSSR count). The van der Waals surface area contributed by atoms with Crippen molar-refractivity contribution in [2.45, 2.75) is 37.2 Å². The lowest BCUT2D eigenvalue weighted by molar-refractivity contribution is -0.0796. The van der Waals surface area contributed by atoms with Crippen LogP contribution in [0.4, 0.5) is 0 Å². The van der Waals surface area contributed by atoms with E-state index in [1.165, 1.54) is 11.1 Å². The van der Waals surface area contributed by atoms with E-state index in [4.69, 9.17) is 0 Å². The first kappa shape index (κ1) is 12.4. The van der Waals surface area contributed by atoms with Crippen LogP contribution in [-0.4, -0.2) is 15.7 Å². The molecule has 0 atom stereocenters. The third kappa shape index (κ3) is 1.96. The molecule has 0 radical (unpaired) electrons. The Bertz CT molecular complexity index is 502. The Labute approximate surface area is 114 Å². The highest BCUT2D eigenvalue weighted by Crippen LogP contribution is 2.55. The summed E-state index contributed by atoms with van der Waals surface area (Å²) in [6, 6.07) is 14.6. The Morgan fingerprint density at radius 1 is 1.00 bits per heavy atom. The minimum atomic E-state index is -0.515. The molecular formula is C17H19NO. The number of pyridine rings is 1. The fraction of sp³-hybridized carbons (Fsp3) is 0.353. The lowest BCUT2D eigenvalue weighted by Gasteiger charge is -2.54. The van der Waals surface area contributed by atoms with Gasteiger partial charge in [-0.1, -0.05) is 37.3 Å². The van der Waals surface area contributed by atoms with Crippen LogP contribution in [0, 0.1) is 0 Å². The van der Waals surface area contributed by atoms with Gasteiger partial charge < -0.3 is 5.11 Å². The van der Waals surface area contributed by atoms with Crippen molar-refractivity contribution in [1.82, 2.24) is 4.98 Å². The summed E-state index contributed by atoms with van der Waals surface area (Å²) in [6.07, 6.45) is 6.08. The molecule has 1 aliphatic carbocycles. The summed E-state index contributed by atoms with van der Waals surface area (Å²) in [6.45, 7) is 2.06. The maximum absolute atomic E-state index is 10.5. The van der Waals surface area contributed by atoms with Crippen molar-refractivity contribution < 1.29 is 5.11 Å². The van der Waals surface area contributed by atoms with Crippen molar-refractivity contribution in [3.8, 4) is 0 Å². The largest absolute Gasteiger partial charge is 0.390 e. The van der Waals surface area contributed by atoms with Crippen LogP contribution in [0.15, 0.2) is 54.9 Å². The van der Waals surface area contributed by atoms with Gasteiger partial charge in [0.1, 0.15) is 0 Å². The van der Waals surface area contributed by atoms with Gasteiger partial charge in [0, 0.05) is 17.8 Å². The van der Waals surface area contributed by atoms with Crippen LogP contribution in [0.1, 0.15) is 37.3 Å². The first-order chi connectivity index (χ1) is 9.19. The van der Waals surface area contributed by atoms with Gasteiger partial charge in [-0.25, -0.2) is 0 Å². The first-order valence-electron chi connectivity index (χ1n) is 6.87. The molecule has 1 aromatic heterocycles. The van der Waals surface area contributed by atoms with Gasteiger partial charge in [-0.3, -0.25) is 4.98 Å². The van der Waals surface area contributed by atoms with Crippen molar-refractivity contribution in [3.05, 3.63) is 66.0 Å². The predicted molar refractivity (Wildman–Crippen MR) is 75.9 cm³/mol. The second kappa shape index (κ2) is 4.46. The summed E-state index contributed by atoms with van der Waals surface area (Å²) in [4.78, 5) is 4.10. The summed E-state index contributed by atoms with van der Waals surface area (Å²) in [5.41, 5.74) is 1.99. The predicted octanol–water partition coefficient (Wildman–Crippen LogP) is 3.30. The Hall–Kier alpha value is -1.67. The SMILES string of the molecule is CCC1(O)CC(c2ccccc2)(c2ccncc2)C1. The molecule has 1 aliphatic rings. The molecule has 19 heavy (non-hydrogen) atoms. The molecule has 0 amide bonds. The average molecular weight is 253 g/mol. The maximum Gasteiger partial charge on any atom is 0.0668 e. The molecule has 1 N–H and O–H groups in total. The first-order valence-corrected chi connectivity index (χ1v) is 6.87. The fourth-order valence-corrected chi connectivity index (χ4v) is 3.32. The van der Waals surface area contributed by atoms with Crippen molar-refractivity contribution in [2.75, 3.05) is 0 Å². The average Bonchev–Trinajstić information content (AvgIpc) is 2.45. The Kier molecular flexibility index (Phi) is 2.90. The fourth-order valence-electron chi connectivity index (χ4n) is 3.32. The highest BCUT2D eigenvalue weighted by atomic mass is 16.3. The van der Waals surface area contributed by atoms with Gasteiger partial charge in [0.05, 0.1) is 5.60 Å². The molecule has 0 saturated heterocycles. The van der Waals surface area contributed by atoms with Gasteiger partial charge in [0.2, 0.25) is 0 Å². The summed E-state index contributed by atoms with van der Waals surface area (Å²) in [5.74, 6) is 0. The Morgan fingerprint density at radius 3 is 2.16 bits per heavy atom. The molecule has 0 bridgehead atoms. The molecule has 98 valence electrons. The number of rotatable bonds is 3. The molecule has 0 spiro atoms. The number of aromatic nitrogens is 1. The maximum atomic E-state index is 10.5. The number of hydrogen-bond donors (Lipinski definition) is 1. The van der Waals surface area contributed by atoms with Gasteiger partial charge in [-0.05, 0) is 42.5 Å². The standard InChI is InChI=1S/C17H19NO/c1-2-16(19)12-17(13-16,14-6-4-3-5-7-14)15-8-10-18-11-9-15/h3-11,19H,2,12-13H2,1H3. The molecule has 1 saturated carbocycles. The van der Waals surface area contributed by atoms with Crippen LogP contribution >= 0.6 is 0 Å². The van der Waals surface area contributed by atoms with Gasteiger partial charge in [0.25, 0.3) is 0 Å². The summed E-state index contributed by atoms with van der Waals surface area (Å²) >= 11 is 0. The van der Waals surface area contributed by atoms with E-state index >= 15 is 0 Å². The van der Waals surface area contributed by atoms with Crippen LogP contribution in [0.25, 0.3) is 0 Å². The number of benzene rings is 1. The van der Waals surface area contributed by atoms with Gasteiger partial charge in [-0.2, -0.15) is 0 Å². The lowest BCUT2D eigenvalue weighted by Crippen LogP contribution is -2.54. The highest BCUT2D eigenvalue weighted by Gasteiger charge is 2.54. The number of nitrogens with zero attached hydrogens (tertiary/aromatic N) is 1. The quantitative estimate of drug-likeness (QED) is 0.910. The Balaban J connectivity index is 2.04. The van der Waals surface area contributed by atoms with E-state index in [9.17, 15) is 5.11 Å². The van der Waals surface area contributed by atoms with E-state index in [2.05, 4.69) is 48.3 Å². The third-order valence-corrected chi connectivity index (χ3v) is 4.48. The van der Waals surface area contributed by atoms with Gasteiger partial charge in [-0.15, -0.1) is 0 Å². The van der Waals surface area contributed by atoms with Crippen LogP contribution in [-0.2, 0) is 5.41 Å². The molecule has 0 unspecified atom stereocenters. The van der Waals surface area contributed by atoms with Crippen molar-refractivity contribution >= 4 is 0 Å². The van der Waals surface area contributed by atoms with Gasteiger partial charge in [0.15, 0.2) is 0 Å². The molecule has 1 aromatic carbocycles. The molecule has 2 nitrogen and oxygen atoms in total. The molecule has 1 heterocycles. The molecule has 0 aliphatic heterocycles. The number of aliphatic hydroxyl groups is 1. The zero-order valence-electron chi connectivity index (χ0n) is 11.2. The van der Waals surface area contributed by atoms with Crippen molar-refractivity contribution in [3.63, 3.8) is 0 Å². The van der Waals surface area contributed by atoms with E-state index in [1.54, 1.807) is 0 Å². The van der Waals surface area contributed by atoms with Crippen molar-refractivity contribution in [1.29, 1.82) is 0 Å². The smallest absolute Gasteiger partial charge is 0.0668 e. The van der Waals surface area contributed by atoms with E-state index < -0.39 is 5.60 Å². The topological polar surface area (TPSA) is 33.1 Å². The molecular weight excluding hydrogens is 234 g/mol. The number of hydrogen-bond acceptors (Lipinski definition) is 2. The summed E-state index contributed by atoms with van der Waals surface area (Å²) < 4.78 is 0. The van der Waals surface area contributed by atoms with Crippen LogP contribution in [0.2, 0.25) is 0 Å². The Morgan fingerprint density at radius 2 is 1.58 bits per heavy atom. The molecule has 2 heteroatoms. The van der Waals surface area contributed by atoms with Crippen LogP contribution in [0.5, 0.6) is 0 Å².